The molecule has 6 nitrogen and oxygen atoms in total. The fourth-order valence-electron chi connectivity index (χ4n) is 3.35. The maximum absolute atomic E-state index is 12.6. The van der Waals surface area contributed by atoms with Crippen molar-refractivity contribution < 1.29 is 12.9 Å². The van der Waals surface area contributed by atoms with Crippen LogP contribution in [-0.2, 0) is 16.4 Å². The van der Waals surface area contributed by atoms with Gasteiger partial charge in [-0.3, -0.25) is 9.71 Å². The number of rotatable bonds is 4. The van der Waals surface area contributed by atoms with Gasteiger partial charge in [-0.25, -0.2) is 8.42 Å². The number of aromatic nitrogens is 1. The molecule has 3 aromatic rings. The molecular weight excluding hydrogens is 362 g/mol. The molecule has 0 radical (unpaired) electrons. The van der Waals surface area contributed by atoms with Gasteiger partial charge in [-0.15, -0.1) is 0 Å². The second-order valence-electron chi connectivity index (χ2n) is 6.47. The van der Waals surface area contributed by atoms with Crippen LogP contribution in [0, 0.1) is 13.8 Å². The fourth-order valence-corrected chi connectivity index (χ4v) is 4.74. The van der Waals surface area contributed by atoms with Crippen molar-refractivity contribution in [3.63, 3.8) is 0 Å². The Labute approximate surface area is 158 Å². The number of aryl methyl sites for hydroxylation is 2. The summed E-state index contributed by atoms with van der Waals surface area (Å²) in [7, 11) is -3.75. The lowest BCUT2D eigenvalue weighted by Gasteiger charge is -2.17. The van der Waals surface area contributed by atoms with Crippen molar-refractivity contribution >= 4 is 21.4 Å². The third-order valence-electron chi connectivity index (χ3n) is 4.57. The van der Waals surface area contributed by atoms with E-state index < -0.39 is 10.0 Å². The topological polar surface area (TPSA) is 84.6 Å². The third-order valence-corrected chi connectivity index (χ3v) is 6.20. The summed E-state index contributed by atoms with van der Waals surface area (Å²) in [6, 6.07) is 15.5. The minimum Gasteiger partial charge on any atom is -0.360 e. The molecule has 1 aliphatic heterocycles. The molecule has 2 heterocycles. The van der Waals surface area contributed by atoms with Crippen molar-refractivity contribution in [2.45, 2.75) is 25.2 Å². The standard InChI is InChI=1S/C20H19N3O3S/c1-13-20(14(2)26-22-13)27(24,25)23-17-9-7-16(8-10-17)19-18-6-4-3-5-15(18)11-12-21-19/h3-10,23H,11-12H2,1-2H3. The van der Waals surface area contributed by atoms with Crippen LogP contribution in [0.5, 0.6) is 0 Å². The summed E-state index contributed by atoms with van der Waals surface area (Å²) in [6.07, 6.45) is 0.939. The van der Waals surface area contributed by atoms with E-state index in [4.69, 9.17) is 4.52 Å². The normalized spacial score (nSPS) is 13.8. The first-order valence-electron chi connectivity index (χ1n) is 8.64. The minimum atomic E-state index is -3.75. The molecular formula is C20H19N3O3S. The molecule has 0 aliphatic carbocycles. The Morgan fingerprint density at radius 2 is 1.78 bits per heavy atom. The van der Waals surface area contributed by atoms with Gasteiger partial charge >= 0.3 is 0 Å². The highest BCUT2D eigenvalue weighted by Gasteiger charge is 2.24. The monoisotopic (exact) mass is 381 g/mol. The molecule has 0 fully saturated rings. The Morgan fingerprint density at radius 3 is 2.48 bits per heavy atom. The van der Waals surface area contributed by atoms with Gasteiger partial charge in [0.2, 0.25) is 0 Å². The highest BCUT2D eigenvalue weighted by Crippen LogP contribution is 2.24. The molecule has 1 aromatic heterocycles. The molecule has 0 amide bonds. The zero-order valence-corrected chi connectivity index (χ0v) is 15.9. The average Bonchev–Trinajstić information content (AvgIpc) is 3.01. The zero-order valence-electron chi connectivity index (χ0n) is 15.1. The molecule has 7 heteroatoms. The number of sulfonamides is 1. The molecule has 0 atom stereocenters. The largest absolute Gasteiger partial charge is 0.360 e. The Morgan fingerprint density at radius 1 is 1.04 bits per heavy atom. The molecule has 0 saturated heterocycles. The van der Waals surface area contributed by atoms with Gasteiger partial charge in [-0.05, 0) is 38.0 Å². The molecule has 1 aliphatic rings. The number of nitrogens with one attached hydrogen (secondary N) is 1. The Hall–Kier alpha value is -2.93. The second-order valence-corrected chi connectivity index (χ2v) is 8.09. The predicted molar refractivity (Wildman–Crippen MR) is 104 cm³/mol. The van der Waals surface area contributed by atoms with E-state index in [0.29, 0.717) is 11.4 Å². The van der Waals surface area contributed by atoms with Gasteiger partial charge in [-0.1, -0.05) is 41.6 Å². The van der Waals surface area contributed by atoms with Crippen LogP contribution in [0.2, 0.25) is 0 Å². The summed E-state index contributed by atoms with van der Waals surface area (Å²) in [5.74, 6) is 0.268. The summed E-state index contributed by atoms with van der Waals surface area (Å²) < 4.78 is 32.8. The number of benzene rings is 2. The third kappa shape index (κ3) is 3.26. The number of nitrogens with zero attached hydrogens (tertiary/aromatic N) is 2. The first-order chi connectivity index (χ1) is 13.0. The Bertz CT molecular complexity index is 1110. The van der Waals surface area contributed by atoms with E-state index in [1.54, 1.807) is 26.0 Å². The second kappa shape index (κ2) is 6.66. The molecule has 4 rings (SSSR count). The minimum absolute atomic E-state index is 0.0807. The van der Waals surface area contributed by atoms with Crippen LogP contribution in [0.4, 0.5) is 5.69 Å². The van der Waals surface area contributed by atoms with E-state index in [1.807, 2.05) is 24.3 Å². The summed E-state index contributed by atoms with van der Waals surface area (Å²) in [6.45, 7) is 3.94. The molecule has 138 valence electrons. The Kier molecular flexibility index (Phi) is 4.31. The SMILES string of the molecule is Cc1noc(C)c1S(=O)(=O)Nc1ccc(C2=NCCc3ccccc32)cc1. The van der Waals surface area contributed by atoms with Crippen LogP contribution in [0.15, 0.2) is 62.9 Å². The van der Waals surface area contributed by atoms with E-state index in [1.165, 1.54) is 5.56 Å². The quantitative estimate of drug-likeness (QED) is 0.750. The van der Waals surface area contributed by atoms with Crippen molar-refractivity contribution in [3.8, 4) is 0 Å². The zero-order chi connectivity index (χ0) is 19.0. The molecule has 2 aromatic carbocycles. The molecule has 0 saturated carbocycles. The number of hydrogen-bond acceptors (Lipinski definition) is 5. The van der Waals surface area contributed by atoms with E-state index in [-0.39, 0.29) is 10.7 Å². The molecule has 27 heavy (non-hydrogen) atoms. The van der Waals surface area contributed by atoms with Crippen LogP contribution < -0.4 is 4.72 Å². The molecule has 0 bridgehead atoms. The van der Waals surface area contributed by atoms with Gasteiger partial charge in [0, 0.05) is 23.4 Å². The highest BCUT2D eigenvalue weighted by atomic mass is 32.2. The summed E-state index contributed by atoms with van der Waals surface area (Å²) in [4.78, 5) is 4.75. The fraction of sp³-hybridized carbons (Fsp3) is 0.200. The smallest absolute Gasteiger partial charge is 0.267 e. The van der Waals surface area contributed by atoms with Crippen LogP contribution in [-0.4, -0.2) is 25.8 Å². The van der Waals surface area contributed by atoms with E-state index in [2.05, 4.69) is 27.0 Å². The van der Waals surface area contributed by atoms with Gasteiger partial charge in [-0.2, -0.15) is 0 Å². The summed E-state index contributed by atoms with van der Waals surface area (Å²) in [5.41, 5.74) is 5.13. The number of anilines is 1. The first kappa shape index (κ1) is 17.5. The predicted octanol–water partition coefficient (Wildman–Crippen LogP) is 3.49. The highest BCUT2D eigenvalue weighted by molar-refractivity contribution is 7.92. The maximum atomic E-state index is 12.6. The number of fused-ring (bicyclic) bond motifs is 1. The molecule has 0 unspecified atom stereocenters. The van der Waals surface area contributed by atoms with Crippen LogP contribution >= 0.6 is 0 Å². The first-order valence-corrected chi connectivity index (χ1v) is 10.1. The number of aliphatic imine (C=N–C) groups is 1. The number of hydrogen-bond donors (Lipinski definition) is 1. The average molecular weight is 381 g/mol. The lowest BCUT2D eigenvalue weighted by atomic mass is 9.93. The molecule has 1 N–H and O–H groups in total. The van der Waals surface area contributed by atoms with Crippen LogP contribution in [0.3, 0.4) is 0 Å². The van der Waals surface area contributed by atoms with Crippen molar-refractivity contribution in [1.29, 1.82) is 0 Å². The summed E-state index contributed by atoms with van der Waals surface area (Å²) >= 11 is 0. The van der Waals surface area contributed by atoms with Crippen molar-refractivity contribution in [3.05, 3.63) is 76.7 Å². The van der Waals surface area contributed by atoms with Crippen molar-refractivity contribution in [1.82, 2.24) is 5.16 Å². The van der Waals surface area contributed by atoms with Crippen LogP contribution in [0.25, 0.3) is 0 Å². The lowest BCUT2D eigenvalue weighted by molar-refractivity contribution is 0.390. The Balaban J connectivity index is 1.61. The molecule has 0 spiro atoms. The van der Waals surface area contributed by atoms with E-state index >= 15 is 0 Å². The lowest BCUT2D eigenvalue weighted by Crippen LogP contribution is -2.15. The van der Waals surface area contributed by atoms with Crippen LogP contribution in [0.1, 0.15) is 28.1 Å². The van der Waals surface area contributed by atoms with Crippen molar-refractivity contribution in [2.24, 2.45) is 4.99 Å². The van der Waals surface area contributed by atoms with Gasteiger partial charge in [0.15, 0.2) is 10.7 Å². The van der Waals surface area contributed by atoms with Crippen molar-refractivity contribution in [2.75, 3.05) is 11.3 Å². The maximum Gasteiger partial charge on any atom is 0.267 e. The van der Waals surface area contributed by atoms with Gasteiger partial charge in [0.05, 0.1) is 5.71 Å². The summed E-state index contributed by atoms with van der Waals surface area (Å²) in [5, 5.41) is 3.71. The van der Waals surface area contributed by atoms with Gasteiger partial charge in [0.25, 0.3) is 10.0 Å². The van der Waals surface area contributed by atoms with Gasteiger partial charge in [0.1, 0.15) is 5.69 Å². The van der Waals surface area contributed by atoms with E-state index in [9.17, 15) is 8.42 Å². The van der Waals surface area contributed by atoms with Gasteiger partial charge < -0.3 is 4.52 Å². The van der Waals surface area contributed by atoms with E-state index in [0.717, 1.165) is 29.8 Å².